The van der Waals surface area contributed by atoms with Gasteiger partial charge in [-0.1, -0.05) is 12.1 Å². The van der Waals surface area contributed by atoms with Crippen LogP contribution in [0.2, 0.25) is 0 Å². The lowest BCUT2D eigenvalue weighted by molar-refractivity contribution is -0.137. The lowest BCUT2D eigenvalue weighted by Gasteiger charge is -2.33. The lowest BCUT2D eigenvalue weighted by Crippen LogP contribution is -2.42. The summed E-state index contributed by atoms with van der Waals surface area (Å²) in [6, 6.07) is 7.21. The van der Waals surface area contributed by atoms with Crippen molar-refractivity contribution in [3.05, 3.63) is 70.0 Å². The number of carbonyl (C=O) groups excluding carboxylic acids is 1. The molecule has 2 aromatic rings. The van der Waals surface area contributed by atoms with Gasteiger partial charge in [0.2, 0.25) is 0 Å². The van der Waals surface area contributed by atoms with Crippen LogP contribution in [0.1, 0.15) is 37.9 Å². The number of halogens is 4. The quantitative estimate of drug-likeness (QED) is 0.743. The molecule has 4 rings (SSSR count). The maximum Gasteiger partial charge on any atom is 0.416 e. The molecule has 0 radical (unpaired) electrons. The van der Waals surface area contributed by atoms with Crippen LogP contribution in [0.3, 0.4) is 0 Å². The van der Waals surface area contributed by atoms with Gasteiger partial charge in [0.15, 0.2) is 9.84 Å². The number of hydrogen-bond acceptors (Lipinski definition) is 4. The number of sulfone groups is 1. The number of fused-ring (bicyclic) bond motifs is 1. The highest BCUT2D eigenvalue weighted by molar-refractivity contribution is 7.91. The molecule has 0 saturated carbocycles. The maximum atomic E-state index is 13.7. The first kappa shape index (κ1) is 20.8. The van der Waals surface area contributed by atoms with E-state index in [1.807, 2.05) is 0 Å². The van der Waals surface area contributed by atoms with E-state index >= 15 is 0 Å². The molecule has 1 fully saturated rings. The van der Waals surface area contributed by atoms with Crippen molar-refractivity contribution in [2.24, 2.45) is 0 Å². The molecular formula is C20H18F4N2O3S. The number of nitrogens with one attached hydrogen (secondary N) is 1. The van der Waals surface area contributed by atoms with Gasteiger partial charge in [-0.15, -0.1) is 0 Å². The Morgan fingerprint density at radius 2 is 1.90 bits per heavy atom. The molecule has 0 aromatic heterocycles. The molecule has 1 atom stereocenters. The summed E-state index contributed by atoms with van der Waals surface area (Å²) >= 11 is 0. The summed E-state index contributed by atoms with van der Waals surface area (Å²) in [5, 5.41) is 1.80. The fourth-order valence-corrected chi connectivity index (χ4v) is 5.71. The molecule has 1 saturated heterocycles. The van der Waals surface area contributed by atoms with Crippen molar-refractivity contribution in [2.75, 3.05) is 18.8 Å². The Morgan fingerprint density at radius 3 is 2.63 bits per heavy atom. The summed E-state index contributed by atoms with van der Waals surface area (Å²) in [6.07, 6.45) is -4.67. The van der Waals surface area contributed by atoms with Gasteiger partial charge in [0, 0.05) is 31.7 Å². The number of amides is 1. The molecule has 2 aliphatic rings. The van der Waals surface area contributed by atoms with Crippen LogP contribution in [-0.4, -0.2) is 38.1 Å². The van der Waals surface area contributed by atoms with Gasteiger partial charge in [-0.3, -0.25) is 9.69 Å². The molecule has 0 bridgehead atoms. The second kappa shape index (κ2) is 7.35. The Labute approximate surface area is 170 Å². The normalized spacial score (nSPS) is 21.3. The standard InChI is InChI=1S/C20H18F4N2O3S/c21-16-6-12(5-15(8-16)20(22,23)24)10-26-3-4-30(28,29)18(11-26)13-1-2-17-14(7-13)9-25-19(17)27/h1-2,5-8,18H,3-4,9-11H2,(H,25,27)/t18-/m0/s1. The SMILES string of the molecule is O=C1NCc2cc([C@@H]3CN(Cc4cc(F)cc(C(F)(F)F)c4)CCS3(=O)=O)ccc21. The van der Waals surface area contributed by atoms with Gasteiger partial charge in [-0.25, -0.2) is 12.8 Å². The van der Waals surface area contributed by atoms with Crippen LogP contribution < -0.4 is 5.32 Å². The molecule has 160 valence electrons. The Balaban J connectivity index is 1.58. The molecular weight excluding hydrogens is 424 g/mol. The Morgan fingerprint density at radius 1 is 1.13 bits per heavy atom. The maximum absolute atomic E-state index is 13.7. The van der Waals surface area contributed by atoms with Crippen molar-refractivity contribution in [2.45, 2.75) is 24.5 Å². The number of nitrogens with zero attached hydrogens (tertiary/aromatic N) is 1. The first-order chi connectivity index (χ1) is 14.0. The Kier molecular flexibility index (Phi) is 5.09. The summed E-state index contributed by atoms with van der Waals surface area (Å²) in [5.74, 6) is -1.36. The highest BCUT2D eigenvalue weighted by Crippen LogP contribution is 2.33. The minimum atomic E-state index is -4.67. The van der Waals surface area contributed by atoms with Crippen molar-refractivity contribution in [1.82, 2.24) is 10.2 Å². The molecule has 1 N–H and O–H groups in total. The molecule has 2 aromatic carbocycles. The van der Waals surface area contributed by atoms with Gasteiger partial charge in [0.05, 0.1) is 16.6 Å². The summed E-state index contributed by atoms with van der Waals surface area (Å²) in [6.45, 7) is 0.530. The fraction of sp³-hybridized carbons (Fsp3) is 0.350. The molecule has 2 heterocycles. The van der Waals surface area contributed by atoms with E-state index < -0.39 is 32.6 Å². The van der Waals surface area contributed by atoms with Gasteiger partial charge in [0.25, 0.3) is 5.91 Å². The zero-order valence-corrected chi connectivity index (χ0v) is 16.5. The predicted molar refractivity (Wildman–Crippen MR) is 101 cm³/mol. The van der Waals surface area contributed by atoms with E-state index in [0.717, 1.165) is 12.1 Å². The van der Waals surface area contributed by atoms with E-state index in [2.05, 4.69) is 5.32 Å². The third kappa shape index (κ3) is 4.06. The first-order valence-corrected chi connectivity index (χ1v) is 11.0. The first-order valence-electron chi connectivity index (χ1n) is 9.24. The van der Waals surface area contributed by atoms with E-state index in [1.54, 1.807) is 23.1 Å². The molecule has 0 unspecified atom stereocenters. The van der Waals surface area contributed by atoms with E-state index in [4.69, 9.17) is 0 Å². The second-order valence-corrected chi connectivity index (χ2v) is 9.84. The topological polar surface area (TPSA) is 66.5 Å². The van der Waals surface area contributed by atoms with Crippen LogP contribution in [0.5, 0.6) is 0 Å². The third-order valence-corrected chi connectivity index (χ3v) is 7.47. The van der Waals surface area contributed by atoms with Gasteiger partial charge in [-0.05, 0) is 41.0 Å². The lowest BCUT2D eigenvalue weighted by atomic mass is 10.0. The molecule has 1 amide bonds. The average molecular weight is 442 g/mol. The molecule has 0 aliphatic carbocycles. The summed E-state index contributed by atoms with van der Waals surface area (Å²) in [7, 11) is -3.47. The van der Waals surface area contributed by atoms with Crippen LogP contribution in [0.4, 0.5) is 17.6 Å². The number of carbonyl (C=O) groups is 1. The van der Waals surface area contributed by atoms with Gasteiger partial charge in [-0.2, -0.15) is 13.2 Å². The summed E-state index contributed by atoms with van der Waals surface area (Å²) in [4.78, 5) is 13.4. The van der Waals surface area contributed by atoms with Crippen LogP contribution >= 0.6 is 0 Å². The molecule has 30 heavy (non-hydrogen) atoms. The van der Waals surface area contributed by atoms with E-state index in [-0.39, 0.29) is 36.9 Å². The molecule has 5 nitrogen and oxygen atoms in total. The third-order valence-electron chi connectivity index (χ3n) is 5.43. The van der Waals surface area contributed by atoms with E-state index in [9.17, 15) is 30.8 Å². The highest BCUT2D eigenvalue weighted by atomic mass is 32.2. The van der Waals surface area contributed by atoms with Crippen molar-refractivity contribution in [1.29, 1.82) is 0 Å². The van der Waals surface area contributed by atoms with E-state index in [1.165, 1.54) is 0 Å². The largest absolute Gasteiger partial charge is 0.416 e. The minimum Gasteiger partial charge on any atom is -0.348 e. The summed E-state index contributed by atoms with van der Waals surface area (Å²) in [5.41, 5.74) is 0.803. The van der Waals surface area contributed by atoms with Crippen LogP contribution in [0, 0.1) is 5.82 Å². The van der Waals surface area contributed by atoms with Gasteiger partial charge in [0.1, 0.15) is 5.82 Å². The predicted octanol–water partition coefficient (Wildman–Crippen LogP) is 3.06. The molecule has 0 spiro atoms. The van der Waals surface area contributed by atoms with Crippen LogP contribution in [0.15, 0.2) is 36.4 Å². The smallest absolute Gasteiger partial charge is 0.348 e. The minimum absolute atomic E-state index is 0.00214. The van der Waals surface area contributed by atoms with Crippen molar-refractivity contribution in [3.8, 4) is 0 Å². The molecule has 10 heteroatoms. The number of alkyl halides is 3. The zero-order valence-electron chi connectivity index (χ0n) is 15.7. The van der Waals surface area contributed by atoms with Crippen molar-refractivity contribution in [3.63, 3.8) is 0 Å². The molecule has 2 aliphatic heterocycles. The number of benzene rings is 2. The number of rotatable bonds is 3. The van der Waals surface area contributed by atoms with Crippen molar-refractivity contribution >= 4 is 15.7 Å². The van der Waals surface area contributed by atoms with Crippen molar-refractivity contribution < 1.29 is 30.8 Å². The monoisotopic (exact) mass is 442 g/mol. The fourth-order valence-electron chi connectivity index (χ4n) is 3.91. The Bertz CT molecular complexity index is 1120. The van der Waals surface area contributed by atoms with Crippen LogP contribution in [0.25, 0.3) is 0 Å². The zero-order chi connectivity index (χ0) is 21.7. The highest BCUT2D eigenvalue weighted by Gasteiger charge is 2.36. The van der Waals surface area contributed by atoms with Gasteiger partial charge < -0.3 is 5.32 Å². The average Bonchev–Trinajstić information content (AvgIpc) is 3.02. The summed E-state index contributed by atoms with van der Waals surface area (Å²) < 4.78 is 77.9. The van der Waals surface area contributed by atoms with E-state index in [0.29, 0.717) is 29.3 Å². The van der Waals surface area contributed by atoms with Gasteiger partial charge >= 0.3 is 6.18 Å². The number of hydrogen-bond donors (Lipinski definition) is 1. The van der Waals surface area contributed by atoms with Crippen LogP contribution in [-0.2, 0) is 29.1 Å². The Hall–Kier alpha value is -2.46. The second-order valence-electron chi connectivity index (χ2n) is 7.54.